The third-order valence-electron chi connectivity index (χ3n) is 3.73. The van der Waals surface area contributed by atoms with Gasteiger partial charge < -0.3 is 4.74 Å². The van der Waals surface area contributed by atoms with Crippen LogP contribution in [0.2, 0.25) is 0 Å². The molecule has 0 aliphatic heterocycles. The number of benzene rings is 2. The monoisotopic (exact) mass is 302 g/mol. The van der Waals surface area contributed by atoms with E-state index in [0.29, 0.717) is 5.78 Å². The minimum absolute atomic E-state index is 0.581. The van der Waals surface area contributed by atoms with Crippen LogP contribution in [0.25, 0.3) is 28.3 Å². The molecule has 112 valence electrons. The summed E-state index contributed by atoms with van der Waals surface area (Å²) in [7, 11) is 1.66. The molecule has 5 heteroatoms. The Kier molecular flexibility index (Phi) is 3.24. The average molecular weight is 302 g/mol. The molecule has 0 radical (unpaired) electrons. The summed E-state index contributed by atoms with van der Waals surface area (Å²) in [4.78, 5) is 4.66. The summed E-state index contributed by atoms with van der Waals surface area (Å²) in [6.07, 6.45) is 3.55. The zero-order valence-electron chi connectivity index (χ0n) is 12.5. The summed E-state index contributed by atoms with van der Waals surface area (Å²) in [5.74, 6) is 1.40. The number of nitrogens with zero attached hydrogens (tertiary/aromatic N) is 4. The molecule has 4 aromatic rings. The van der Waals surface area contributed by atoms with Gasteiger partial charge in [0.25, 0.3) is 5.78 Å². The molecule has 0 N–H and O–H groups in total. The van der Waals surface area contributed by atoms with E-state index in [9.17, 15) is 0 Å². The molecule has 2 heterocycles. The molecule has 0 aliphatic carbocycles. The van der Waals surface area contributed by atoms with Crippen molar-refractivity contribution in [2.24, 2.45) is 0 Å². The summed E-state index contributed by atoms with van der Waals surface area (Å²) in [6, 6.07) is 18.0. The number of imidazole rings is 1. The maximum Gasteiger partial charge on any atom is 0.254 e. The van der Waals surface area contributed by atoms with Gasteiger partial charge in [-0.25, -0.2) is 4.98 Å². The van der Waals surface area contributed by atoms with Gasteiger partial charge in [-0.2, -0.15) is 5.10 Å². The lowest BCUT2D eigenvalue weighted by atomic mass is 10.0. The van der Waals surface area contributed by atoms with Gasteiger partial charge in [-0.3, -0.25) is 4.40 Å². The maximum absolute atomic E-state index is 5.23. The molecule has 2 aromatic heterocycles. The maximum atomic E-state index is 5.23. The fraction of sp³-hybridized carbons (Fsp3) is 0.0556. The molecule has 0 saturated carbocycles. The number of ether oxygens (including phenoxy) is 1. The minimum Gasteiger partial charge on any atom is -0.497 e. The Morgan fingerprint density at radius 3 is 2.43 bits per heavy atom. The third-order valence-corrected chi connectivity index (χ3v) is 3.73. The molecule has 0 saturated heterocycles. The highest BCUT2D eigenvalue weighted by molar-refractivity contribution is 5.81. The van der Waals surface area contributed by atoms with Crippen LogP contribution >= 0.6 is 0 Å². The highest BCUT2D eigenvalue weighted by Crippen LogP contribution is 2.32. The molecular weight excluding hydrogens is 288 g/mol. The number of rotatable bonds is 3. The van der Waals surface area contributed by atoms with Crippen molar-refractivity contribution in [1.29, 1.82) is 0 Å². The van der Waals surface area contributed by atoms with Crippen molar-refractivity contribution < 1.29 is 4.74 Å². The molecule has 0 aliphatic rings. The Morgan fingerprint density at radius 2 is 1.70 bits per heavy atom. The second kappa shape index (κ2) is 5.53. The van der Waals surface area contributed by atoms with E-state index in [-0.39, 0.29) is 0 Å². The highest BCUT2D eigenvalue weighted by atomic mass is 16.5. The molecule has 0 fully saturated rings. The molecule has 2 aromatic carbocycles. The van der Waals surface area contributed by atoms with Gasteiger partial charge >= 0.3 is 0 Å². The first-order valence-corrected chi connectivity index (χ1v) is 7.26. The molecule has 0 spiro atoms. The summed E-state index contributed by atoms with van der Waals surface area (Å²) < 4.78 is 7.19. The van der Waals surface area contributed by atoms with Gasteiger partial charge in [0, 0.05) is 17.3 Å². The Labute approximate surface area is 133 Å². The van der Waals surface area contributed by atoms with Crippen LogP contribution in [-0.4, -0.2) is 26.7 Å². The first-order valence-electron chi connectivity index (χ1n) is 7.26. The van der Waals surface area contributed by atoms with Gasteiger partial charge in [0.2, 0.25) is 0 Å². The largest absolute Gasteiger partial charge is 0.497 e. The van der Waals surface area contributed by atoms with Crippen LogP contribution in [-0.2, 0) is 0 Å². The summed E-state index contributed by atoms with van der Waals surface area (Å²) >= 11 is 0. The van der Waals surface area contributed by atoms with E-state index >= 15 is 0 Å². The van der Waals surface area contributed by atoms with Crippen LogP contribution in [0, 0.1) is 0 Å². The topological polar surface area (TPSA) is 52.3 Å². The summed E-state index contributed by atoms with van der Waals surface area (Å²) in [5, 5.41) is 8.05. The van der Waals surface area contributed by atoms with Crippen molar-refractivity contribution in [3.63, 3.8) is 0 Å². The SMILES string of the molecule is COc1ccc(-c2nc3nnccn3c2-c2ccccc2)cc1. The van der Waals surface area contributed by atoms with Crippen LogP contribution < -0.4 is 4.74 Å². The normalized spacial score (nSPS) is 10.8. The predicted octanol–water partition coefficient (Wildman–Crippen LogP) is 3.47. The van der Waals surface area contributed by atoms with Crippen LogP contribution in [0.15, 0.2) is 67.0 Å². The van der Waals surface area contributed by atoms with E-state index in [1.807, 2.05) is 53.1 Å². The van der Waals surface area contributed by atoms with Crippen molar-refractivity contribution in [2.75, 3.05) is 7.11 Å². The number of hydrogen-bond acceptors (Lipinski definition) is 4. The zero-order chi connectivity index (χ0) is 15.6. The quantitative estimate of drug-likeness (QED) is 0.581. The van der Waals surface area contributed by atoms with E-state index in [4.69, 9.17) is 4.74 Å². The molecule has 0 amide bonds. The van der Waals surface area contributed by atoms with Gasteiger partial charge in [0.15, 0.2) is 0 Å². The smallest absolute Gasteiger partial charge is 0.254 e. The number of hydrogen-bond donors (Lipinski definition) is 0. The van der Waals surface area contributed by atoms with Crippen LogP contribution in [0.1, 0.15) is 0 Å². The predicted molar refractivity (Wildman–Crippen MR) is 88.2 cm³/mol. The van der Waals surface area contributed by atoms with Crippen molar-refractivity contribution in [2.45, 2.75) is 0 Å². The Morgan fingerprint density at radius 1 is 0.913 bits per heavy atom. The second-order valence-corrected chi connectivity index (χ2v) is 5.09. The van der Waals surface area contributed by atoms with Gasteiger partial charge in [0.1, 0.15) is 5.75 Å². The van der Waals surface area contributed by atoms with Gasteiger partial charge in [-0.05, 0) is 24.3 Å². The fourth-order valence-electron chi connectivity index (χ4n) is 2.64. The van der Waals surface area contributed by atoms with Crippen LogP contribution in [0.5, 0.6) is 5.75 Å². The Balaban J connectivity index is 1.98. The van der Waals surface area contributed by atoms with Crippen molar-refractivity contribution in [3.8, 4) is 28.3 Å². The van der Waals surface area contributed by atoms with Crippen LogP contribution in [0.3, 0.4) is 0 Å². The van der Waals surface area contributed by atoms with Crippen LogP contribution in [0.4, 0.5) is 0 Å². The van der Waals surface area contributed by atoms with E-state index in [1.165, 1.54) is 0 Å². The zero-order valence-corrected chi connectivity index (χ0v) is 12.5. The Bertz CT molecular complexity index is 946. The standard InChI is InChI=1S/C18H14N4O/c1-23-15-9-7-13(8-10-15)16-17(14-5-3-2-4-6-14)22-12-11-19-21-18(22)20-16/h2-12H,1H3. The van der Waals surface area contributed by atoms with Gasteiger partial charge in [-0.15, -0.1) is 5.10 Å². The van der Waals surface area contributed by atoms with E-state index in [1.54, 1.807) is 13.3 Å². The second-order valence-electron chi connectivity index (χ2n) is 5.09. The molecule has 0 unspecified atom stereocenters. The van der Waals surface area contributed by atoms with E-state index in [2.05, 4.69) is 27.3 Å². The highest BCUT2D eigenvalue weighted by Gasteiger charge is 2.16. The van der Waals surface area contributed by atoms with Crippen molar-refractivity contribution in [1.82, 2.24) is 19.6 Å². The first-order chi connectivity index (χ1) is 11.4. The molecule has 5 nitrogen and oxygen atoms in total. The lowest BCUT2D eigenvalue weighted by Gasteiger charge is -2.06. The van der Waals surface area contributed by atoms with E-state index in [0.717, 1.165) is 28.3 Å². The van der Waals surface area contributed by atoms with Gasteiger partial charge in [0.05, 0.1) is 24.7 Å². The molecule has 4 rings (SSSR count). The molecule has 0 bridgehead atoms. The third kappa shape index (κ3) is 2.32. The number of aromatic nitrogens is 4. The lowest BCUT2D eigenvalue weighted by molar-refractivity contribution is 0.415. The average Bonchev–Trinajstić information content (AvgIpc) is 3.02. The Hall–Kier alpha value is -3.21. The molecular formula is C18H14N4O. The van der Waals surface area contributed by atoms with Crippen molar-refractivity contribution in [3.05, 3.63) is 67.0 Å². The minimum atomic E-state index is 0.581. The lowest BCUT2D eigenvalue weighted by Crippen LogP contribution is -1.92. The molecule has 23 heavy (non-hydrogen) atoms. The van der Waals surface area contributed by atoms with E-state index < -0.39 is 0 Å². The molecule has 0 atom stereocenters. The summed E-state index contributed by atoms with van der Waals surface area (Å²) in [5.41, 5.74) is 3.97. The van der Waals surface area contributed by atoms with Crippen molar-refractivity contribution >= 4 is 5.78 Å². The number of methoxy groups -OCH3 is 1. The first kappa shape index (κ1) is 13.5. The summed E-state index contributed by atoms with van der Waals surface area (Å²) in [6.45, 7) is 0. The van der Waals surface area contributed by atoms with Gasteiger partial charge in [-0.1, -0.05) is 30.3 Å². The number of fused-ring (bicyclic) bond motifs is 1. The fourth-order valence-corrected chi connectivity index (χ4v) is 2.64.